The van der Waals surface area contributed by atoms with Gasteiger partial charge in [0.05, 0.1) is 17.3 Å². The minimum atomic E-state index is -0.326. The van der Waals surface area contributed by atoms with Crippen molar-refractivity contribution < 1.29 is 9.53 Å². The maximum Gasteiger partial charge on any atom is 0.320 e. The molecule has 0 aliphatic rings. The Balaban J connectivity index is 1.97. The molecule has 0 amide bonds. The second kappa shape index (κ2) is 8.19. The van der Waals surface area contributed by atoms with Crippen LogP contribution in [0.4, 0.5) is 0 Å². The fraction of sp³-hybridized carbons (Fsp3) is 0.304. The molecule has 0 saturated carbocycles. The number of hydrogen-bond acceptors (Lipinski definition) is 3. The van der Waals surface area contributed by atoms with Crippen LogP contribution < -0.4 is 4.74 Å². The molecule has 1 aromatic heterocycles. The summed E-state index contributed by atoms with van der Waals surface area (Å²) < 4.78 is 7.50. The van der Waals surface area contributed by atoms with Crippen LogP contribution in [0.15, 0.2) is 60.7 Å². The summed E-state index contributed by atoms with van der Waals surface area (Å²) in [7, 11) is 0. The second-order valence-corrected chi connectivity index (χ2v) is 8.24. The van der Waals surface area contributed by atoms with Crippen LogP contribution in [0.1, 0.15) is 51.3 Å². The molecule has 4 nitrogen and oxygen atoms in total. The standard InChI is InChI=1S/C23H25ClN2O2/c1-5-19(16-9-7-6-8-10-16)22(27)28-21-15-20(23(2,3)4)25-26(21)18-13-11-17(24)12-14-18/h6-15,19H,5H2,1-4H3. The zero-order valence-corrected chi connectivity index (χ0v) is 17.4. The van der Waals surface area contributed by atoms with Crippen molar-refractivity contribution in [2.24, 2.45) is 0 Å². The molecular weight excluding hydrogens is 372 g/mol. The molecule has 0 fully saturated rings. The Bertz CT molecular complexity index is 941. The molecular formula is C23H25ClN2O2. The summed E-state index contributed by atoms with van der Waals surface area (Å²) in [6, 6.07) is 18.8. The molecule has 5 heteroatoms. The largest absolute Gasteiger partial charge is 0.407 e. The summed E-state index contributed by atoms with van der Waals surface area (Å²) >= 11 is 6.01. The number of carbonyl (C=O) groups is 1. The lowest BCUT2D eigenvalue weighted by Gasteiger charge is -2.15. The quantitative estimate of drug-likeness (QED) is 0.502. The van der Waals surface area contributed by atoms with Crippen molar-refractivity contribution in [3.8, 4) is 11.6 Å². The van der Waals surface area contributed by atoms with E-state index < -0.39 is 0 Å². The summed E-state index contributed by atoms with van der Waals surface area (Å²) in [5.74, 6) is -0.205. The van der Waals surface area contributed by atoms with E-state index in [4.69, 9.17) is 16.3 Å². The van der Waals surface area contributed by atoms with Crippen LogP contribution in [0.5, 0.6) is 5.88 Å². The average molecular weight is 397 g/mol. The topological polar surface area (TPSA) is 44.1 Å². The average Bonchev–Trinajstić information content (AvgIpc) is 3.08. The Morgan fingerprint density at radius 2 is 1.75 bits per heavy atom. The highest BCUT2D eigenvalue weighted by molar-refractivity contribution is 6.30. The first kappa shape index (κ1) is 20.2. The minimum Gasteiger partial charge on any atom is -0.407 e. The maximum atomic E-state index is 13.0. The van der Waals surface area contributed by atoms with Crippen LogP contribution in [-0.2, 0) is 10.2 Å². The smallest absolute Gasteiger partial charge is 0.320 e. The molecule has 3 aromatic rings. The summed E-state index contributed by atoms with van der Waals surface area (Å²) in [6.07, 6.45) is 0.657. The summed E-state index contributed by atoms with van der Waals surface area (Å²) in [5.41, 5.74) is 2.40. The summed E-state index contributed by atoms with van der Waals surface area (Å²) in [5, 5.41) is 5.33. The number of nitrogens with zero attached hydrogens (tertiary/aromatic N) is 2. The van der Waals surface area contributed by atoms with Gasteiger partial charge in [-0.15, -0.1) is 0 Å². The predicted molar refractivity (Wildman–Crippen MR) is 112 cm³/mol. The van der Waals surface area contributed by atoms with E-state index in [-0.39, 0.29) is 17.3 Å². The van der Waals surface area contributed by atoms with Gasteiger partial charge in [-0.25, -0.2) is 4.68 Å². The zero-order chi connectivity index (χ0) is 20.3. The Hall–Kier alpha value is -2.59. The molecule has 0 saturated heterocycles. The third-order valence-corrected chi connectivity index (χ3v) is 4.87. The molecule has 0 aliphatic carbocycles. The van der Waals surface area contributed by atoms with Crippen LogP contribution in [0.25, 0.3) is 5.69 Å². The molecule has 146 valence electrons. The van der Waals surface area contributed by atoms with Gasteiger partial charge in [-0.2, -0.15) is 5.10 Å². The van der Waals surface area contributed by atoms with E-state index >= 15 is 0 Å². The Morgan fingerprint density at radius 3 is 2.32 bits per heavy atom. The Morgan fingerprint density at radius 1 is 1.11 bits per heavy atom. The first-order valence-corrected chi connectivity index (χ1v) is 9.80. The third kappa shape index (κ3) is 4.45. The van der Waals surface area contributed by atoms with E-state index in [0.717, 1.165) is 16.9 Å². The SMILES string of the molecule is CCC(C(=O)Oc1cc(C(C)(C)C)nn1-c1ccc(Cl)cc1)c1ccccc1. The number of aromatic nitrogens is 2. The molecule has 0 aliphatic heterocycles. The number of benzene rings is 2. The Labute approximate surface area is 171 Å². The molecule has 1 atom stereocenters. The van der Waals surface area contributed by atoms with Gasteiger partial charge < -0.3 is 4.74 Å². The molecule has 28 heavy (non-hydrogen) atoms. The van der Waals surface area contributed by atoms with Gasteiger partial charge in [0, 0.05) is 16.5 Å². The summed E-state index contributed by atoms with van der Waals surface area (Å²) in [4.78, 5) is 13.0. The lowest BCUT2D eigenvalue weighted by atomic mass is 9.93. The highest BCUT2D eigenvalue weighted by atomic mass is 35.5. The van der Waals surface area contributed by atoms with Crippen LogP contribution >= 0.6 is 11.6 Å². The fourth-order valence-electron chi connectivity index (χ4n) is 2.97. The molecule has 0 N–H and O–H groups in total. The number of ether oxygens (including phenoxy) is 1. The minimum absolute atomic E-state index is 0.178. The van der Waals surface area contributed by atoms with E-state index in [9.17, 15) is 4.79 Å². The van der Waals surface area contributed by atoms with E-state index in [0.29, 0.717) is 17.3 Å². The van der Waals surface area contributed by atoms with E-state index in [1.54, 1.807) is 16.8 Å². The lowest BCUT2D eigenvalue weighted by Crippen LogP contribution is -2.19. The normalized spacial score (nSPS) is 12.6. The number of halogens is 1. The molecule has 1 heterocycles. The van der Waals surface area contributed by atoms with Crippen molar-refractivity contribution in [2.45, 2.75) is 45.4 Å². The van der Waals surface area contributed by atoms with Crippen molar-refractivity contribution in [1.82, 2.24) is 9.78 Å². The lowest BCUT2D eigenvalue weighted by molar-refractivity contribution is -0.136. The predicted octanol–water partition coefficient (Wildman–Crippen LogP) is 5.92. The van der Waals surface area contributed by atoms with Crippen molar-refractivity contribution in [2.75, 3.05) is 0 Å². The van der Waals surface area contributed by atoms with Gasteiger partial charge in [0.15, 0.2) is 0 Å². The van der Waals surface area contributed by atoms with Gasteiger partial charge in [0.1, 0.15) is 0 Å². The van der Waals surface area contributed by atoms with E-state index in [2.05, 4.69) is 25.9 Å². The molecule has 0 spiro atoms. The van der Waals surface area contributed by atoms with Crippen molar-refractivity contribution in [3.05, 3.63) is 76.9 Å². The molecule has 2 aromatic carbocycles. The maximum absolute atomic E-state index is 13.0. The third-order valence-electron chi connectivity index (χ3n) is 4.62. The molecule has 0 bridgehead atoms. The van der Waals surface area contributed by atoms with Crippen molar-refractivity contribution in [1.29, 1.82) is 0 Å². The van der Waals surface area contributed by atoms with Crippen LogP contribution in [0.2, 0.25) is 5.02 Å². The van der Waals surface area contributed by atoms with Crippen molar-refractivity contribution >= 4 is 17.6 Å². The zero-order valence-electron chi connectivity index (χ0n) is 16.6. The van der Waals surface area contributed by atoms with Gasteiger partial charge in [-0.3, -0.25) is 4.79 Å². The second-order valence-electron chi connectivity index (χ2n) is 7.80. The Kier molecular flexibility index (Phi) is 5.90. The van der Waals surface area contributed by atoms with E-state index in [1.165, 1.54) is 0 Å². The van der Waals surface area contributed by atoms with Gasteiger partial charge in [-0.05, 0) is 36.2 Å². The molecule has 0 radical (unpaired) electrons. The summed E-state index contributed by atoms with van der Waals surface area (Å²) in [6.45, 7) is 8.21. The van der Waals surface area contributed by atoms with Gasteiger partial charge in [0.2, 0.25) is 5.88 Å². The van der Waals surface area contributed by atoms with Gasteiger partial charge >= 0.3 is 5.97 Å². The van der Waals surface area contributed by atoms with Crippen LogP contribution in [0, 0.1) is 0 Å². The van der Waals surface area contributed by atoms with Gasteiger partial charge in [-0.1, -0.05) is 69.6 Å². The first-order chi connectivity index (χ1) is 13.3. The van der Waals surface area contributed by atoms with Crippen molar-refractivity contribution in [3.63, 3.8) is 0 Å². The highest BCUT2D eigenvalue weighted by Gasteiger charge is 2.26. The number of esters is 1. The monoisotopic (exact) mass is 396 g/mol. The van der Waals surface area contributed by atoms with Crippen LogP contribution in [-0.4, -0.2) is 15.7 Å². The fourth-order valence-corrected chi connectivity index (χ4v) is 3.09. The number of hydrogen-bond donors (Lipinski definition) is 0. The highest BCUT2D eigenvalue weighted by Crippen LogP contribution is 2.30. The van der Waals surface area contributed by atoms with Gasteiger partial charge in [0.25, 0.3) is 0 Å². The molecule has 1 unspecified atom stereocenters. The molecule has 3 rings (SSSR count). The number of rotatable bonds is 5. The first-order valence-electron chi connectivity index (χ1n) is 9.42. The van der Waals surface area contributed by atoms with E-state index in [1.807, 2.05) is 55.5 Å². The van der Waals surface area contributed by atoms with Crippen LogP contribution in [0.3, 0.4) is 0 Å². The number of carbonyl (C=O) groups excluding carboxylic acids is 1.